The summed E-state index contributed by atoms with van der Waals surface area (Å²) in [6.07, 6.45) is 0.721. The van der Waals surface area contributed by atoms with E-state index in [-0.39, 0.29) is 18.2 Å². The van der Waals surface area contributed by atoms with Crippen LogP contribution in [0, 0.1) is 11.8 Å². The number of ether oxygens (including phenoxy) is 1. The molecule has 24 heavy (non-hydrogen) atoms. The van der Waals surface area contributed by atoms with Gasteiger partial charge < -0.3 is 9.64 Å². The SMILES string of the molecule is CCOC(=O)N1CCN([C@@H](C#Cc2cccc(Cl)c2)CC)[C@H](C)C1. The van der Waals surface area contributed by atoms with Gasteiger partial charge in [-0.3, -0.25) is 4.90 Å². The van der Waals surface area contributed by atoms with Gasteiger partial charge in [-0.2, -0.15) is 0 Å². The second-order valence-corrected chi connectivity index (χ2v) is 6.37. The summed E-state index contributed by atoms with van der Waals surface area (Å²) >= 11 is 6.01. The molecular formula is C19H25ClN2O2. The van der Waals surface area contributed by atoms with Gasteiger partial charge in [0, 0.05) is 36.3 Å². The van der Waals surface area contributed by atoms with Crippen LogP contribution in [0.5, 0.6) is 0 Å². The van der Waals surface area contributed by atoms with Gasteiger partial charge in [0.25, 0.3) is 0 Å². The van der Waals surface area contributed by atoms with Crippen LogP contribution in [-0.2, 0) is 4.74 Å². The van der Waals surface area contributed by atoms with Crippen molar-refractivity contribution in [2.45, 2.75) is 39.3 Å². The first-order valence-electron chi connectivity index (χ1n) is 8.49. The highest BCUT2D eigenvalue weighted by Gasteiger charge is 2.30. The normalized spacial score (nSPS) is 19.3. The van der Waals surface area contributed by atoms with Crippen LogP contribution in [0.2, 0.25) is 5.02 Å². The van der Waals surface area contributed by atoms with Gasteiger partial charge in [0.15, 0.2) is 0 Å². The van der Waals surface area contributed by atoms with Crippen molar-refractivity contribution in [3.63, 3.8) is 0 Å². The van der Waals surface area contributed by atoms with E-state index in [1.165, 1.54) is 0 Å². The van der Waals surface area contributed by atoms with E-state index in [0.717, 1.165) is 18.5 Å². The Balaban J connectivity index is 2.03. The van der Waals surface area contributed by atoms with Crippen LogP contribution in [0.3, 0.4) is 0 Å². The molecule has 1 aromatic carbocycles. The number of rotatable bonds is 3. The molecule has 1 amide bonds. The monoisotopic (exact) mass is 348 g/mol. The number of amides is 1. The van der Waals surface area contributed by atoms with Crippen LogP contribution in [0.15, 0.2) is 24.3 Å². The molecule has 4 nitrogen and oxygen atoms in total. The molecule has 0 N–H and O–H groups in total. The molecule has 130 valence electrons. The van der Waals surface area contributed by atoms with Gasteiger partial charge in [-0.15, -0.1) is 0 Å². The summed E-state index contributed by atoms with van der Waals surface area (Å²) in [6, 6.07) is 8.02. The lowest BCUT2D eigenvalue weighted by Crippen LogP contribution is -2.56. The average molecular weight is 349 g/mol. The summed E-state index contributed by atoms with van der Waals surface area (Å²) in [5.74, 6) is 6.59. The standard InChI is InChI=1S/C19H25ClN2O2/c1-4-18(10-9-16-7-6-8-17(20)13-16)22-12-11-21(14-15(22)3)19(23)24-5-2/h6-8,13,15,18H,4-5,11-12,14H2,1-3H3/t15-,18-/m1/s1. The van der Waals surface area contributed by atoms with Crippen molar-refractivity contribution in [1.82, 2.24) is 9.80 Å². The van der Waals surface area contributed by atoms with Crippen molar-refractivity contribution in [3.8, 4) is 11.8 Å². The Morgan fingerprint density at radius 3 is 2.83 bits per heavy atom. The van der Waals surface area contributed by atoms with Crippen molar-refractivity contribution in [2.24, 2.45) is 0 Å². The fraction of sp³-hybridized carbons (Fsp3) is 0.526. The third kappa shape index (κ3) is 4.90. The number of halogens is 1. The van der Waals surface area contributed by atoms with E-state index >= 15 is 0 Å². The van der Waals surface area contributed by atoms with E-state index in [4.69, 9.17) is 16.3 Å². The molecule has 0 saturated carbocycles. The maximum absolute atomic E-state index is 11.9. The first-order chi connectivity index (χ1) is 11.5. The zero-order valence-electron chi connectivity index (χ0n) is 14.6. The molecule has 5 heteroatoms. The van der Waals surface area contributed by atoms with E-state index in [0.29, 0.717) is 24.7 Å². The highest BCUT2D eigenvalue weighted by molar-refractivity contribution is 6.30. The van der Waals surface area contributed by atoms with E-state index in [9.17, 15) is 4.79 Å². The molecule has 0 spiro atoms. The summed E-state index contributed by atoms with van der Waals surface area (Å²) < 4.78 is 5.10. The maximum atomic E-state index is 11.9. The Bertz CT molecular complexity index is 623. The summed E-state index contributed by atoms with van der Waals surface area (Å²) in [7, 11) is 0. The minimum absolute atomic E-state index is 0.170. The van der Waals surface area contributed by atoms with E-state index in [2.05, 4.69) is 30.6 Å². The highest BCUT2D eigenvalue weighted by Crippen LogP contribution is 2.16. The molecule has 0 aromatic heterocycles. The van der Waals surface area contributed by atoms with Crippen molar-refractivity contribution in [3.05, 3.63) is 34.9 Å². The minimum atomic E-state index is -0.220. The zero-order chi connectivity index (χ0) is 17.5. The molecule has 0 unspecified atom stereocenters. The molecule has 1 aliphatic rings. The van der Waals surface area contributed by atoms with E-state index in [1.807, 2.05) is 31.2 Å². The largest absolute Gasteiger partial charge is 0.450 e. The lowest BCUT2D eigenvalue weighted by atomic mass is 10.1. The molecule has 1 heterocycles. The smallest absolute Gasteiger partial charge is 0.409 e. The van der Waals surface area contributed by atoms with Gasteiger partial charge in [0.1, 0.15) is 0 Å². The maximum Gasteiger partial charge on any atom is 0.409 e. The van der Waals surface area contributed by atoms with Gasteiger partial charge in [-0.05, 0) is 38.5 Å². The quantitative estimate of drug-likeness (QED) is 0.782. The summed E-state index contributed by atoms with van der Waals surface area (Å²) in [6.45, 7) is 8.68. The number of carbonyl (C=O) groups is 1. The van der Waals surface area contributed by atoms with Crippen molar-refractivity contribution >= 4 is 17.7 Å². The lowest BCUT2D eigenvalue weighted by molar-refractivity contribution is 0.0473. The van der Waals surface area contributed by atoms with Crippen molar-refractivity contribution in [1.29, 1.82) is 0 Å². The average Bonchev–Trinajstić information content (AvgIpc) is 2.56. The number of benzene rings is 1. The van der Waals surface area contributed by atoms with Gasteiger partial charge >= 0.3 is 6.09 Å². The fourth-order valence-corrected chi connectivity index (χ4v) is 3.16. The number of hydrogen-bond acceptors (Lipinski definition) is 3. The van der Waals surface area contributed by atoms with Gasteiger partial charge in [-0.25, -0.2) is 4.79 Å². The van der Waals surface area contributed by atoms with E-state index < -0.39 is 0 Å². The minimum Gasteiger partial charge on any atom is -0.450 e. The highest BCUT2D eigenvalue weighted by atomic mass is 35.5. The summed E-state index contributed by atoms with van der Waals surface area (Å²) in [5.41, 5.74) is 0.929. The predicted molar refractivity (Wildman–Crippen MR) is 97.2 cm³/mol. The Morgan fingerprint density at radius 1 is 1.42 bits per heavy atom. The predicted octanol–water partition coefficient (Wildman–Crippen LogP) is 3.63. The van der Waals surface area contributed by atoms with Crippen molar-refractivity contribution in [2.75, 3.05) is 26.2 Å². The molecule has 0 bridgehead atoms. The Morgan fingerprint density at radius 2 is 2.21 bits per heavy atom. The molecule has 1 fully saturated rings. The molecule has 0 aliphatic carbocycles. The third-order valence-corrected chi connectivity index (χ3v) is 4.43. The fourth-order valence-electron chi connectivity index (χ4n) is 2.97. The van der Waals surface area contributed by atoms with Gasteiger partial charge in [0.05, 0.1) is 12.6 Å². The molecule has 2 rings (SSSR count). The number of piperazine rings is 1. The van der Waals surface area contributed by atoms with Crippen LogP contribution >= 0.6 is 11.6 Å². The van der Waals surface area contributed by atoms with E-state index in [1.54, 1.807) is 4.90 Å². The Hall–Kier alpha value is -1.70. The molecule has 1 saturated heterocycles. The van der Waals surface area contributed by atoms with Crippen LogP contribution in [-0.4, -0.2) is 54.2 Å². The van der Waals surface area contributed by atoms with Crippen LogP contribution in [0.4, 0.5) is 4.79 Å². The Labute approximate surface area is 149 Å². The van der Waals surface area contributed by atoms with Crippen LogP contribution in [0.25, 0.3) is 0 Å². The lowest BCUT2D eigenvalue weighted by Gasteiger charge is -2.41. The third-order valence-electron chi connectivity index (χ3n) is 4.20. The first kappa shape index (κ1) is 18.6. The van der Waals surface area contributed by atoms with Gasteiger partial charge in [0.2, 0.25) is 0 Å². The number of carbonyl (C=O) groups excluding carboxylic acids is 1. The first-order valence-corrected chi connectivity index (χ1v) is 8.87. The Kier molecular flexibility index (Phi) is 6.96. The van der Waals surface area contributed by atoms with Gasteiger partial charge in [-0.1, -0.05) is 36.4 Å². The second-order valence-electron chi connectivity index (χ2n) is 5.94. The summed E-state index contributed by atoms with van der Waals surface area (Å²) in [4.78, 5) is 16.0. The zero-order valence-corrected chi connectivity index (χ0v) is 15.3. The van der Waals surface area contributed by atoms with Crippen molar-refractivity contribution < 1.29 is 9.53 Å². The number of nitrogens with zero attached hydrogens (tertiary/aromatic N) is 2. The molecule has 1 aromatic rings. The van der Waals surface area contributed by atoms with Crippen LogP contribution < -0.4 is 0 Å². The molecule has 0 radical (unpaired) electrons. The number of hydrogen-bond donors (Lipinski definition) is 0. The summed E-state index contributed by atoms with van der Waals surface area (Å²) in [5, 5.41) is 0.700. The molecular weight excluding hydrogens is 324 g/mol. The molecule has 2 atom stereocenters. The molecule has 1 aliphatic heterocycles. The van der Waals surface area contributed by atoms with Crippen LogP contribution in [0.1, 0.15) is 32.8 Å². The topological polar surface area (TPSA) is 32.8 Å². The second kappa shape index (κ2) is 8.96.